The largest absolute Gasteiger partial charge is 0.362 e. The molecular formula is C20H34N6S. The Bertz CT molecular complexity index is 629. The van der Waals surface area contributed by atoms with E-state index in [1.165, 1.54) is 38.5 Å². The van der Waals surface area contributed by atoms with Crippen LogP contribution in [0.15, 0.2) is 6.07 Å². The number of nitrogens with one attached hydrogen (secondary N) is 2. The molecule has 0 unspecified atom stereocenters. The van der Waals surface area contributed by atoms with E-state index in [-0.39, 0.29) is 0 Å². The van der Waals surface area contributed by atoms with Crippen molar-refractivity contribution in [1.82, 2.24) is 15.3 Å². The molecule has 0 saturated carbocycles. The molecule has 3 rings (SSSR count). The molecule has 27 heavy (non-hydrogen) atoms. The first kappa shape index (κ1) is 20.1. The zero-order chi connectivity index (χ0) is 19.2. The number of rotatable bonds is 5. The van der Waals surface area contributed by atoms with Crippen LogP contribution in [0.5, 0.6) is 0 Å². The Morgan fingerprint density at radius 1 is 1.11 bits per heavy atom. The summed E-state index contributed by atoms with van der Waals surface area (Å²) < 4.78 is 0. The highest BCUT2D eigenvalue weighted by molar-refractivity contribution is 7.80. The molecule has 1 aromatic rings. The van der Waals surface area contributed by atoms with Gasteiger partial charge in [0.25, 0.3) is 0 Å². The smallest absolute Gasteiger partial charge is 0.232 e. The third kappa shape index (κ3) is 5.67. The lowest BCUT2D eigenvalue weighted by atomic mass is 10.0. The van der Waals surface area contributed by atoms with Crippen molar-refractivity contribution in [2.24, 2.45) is 5.92 Å². The maximum atomic E-state index is 5.45. The number of aromatic nitrogens is 2. The van der Waals surface area contributed by atoms with Crippen molar-refractivity contribution in [2.75, 3.05) is 41.3 Å². The molecule has 0 aliphatic carbocycles. The summed E-state index contributed by atoms with van der Waals surface area (Å²) in [4.78, 5) is 14.4. The Hall–Kier alpha value is -1.63. The molecule has 2 aliphatic rings. The predicted molar refractivity (Wildman–Crippen MR) is 118 cm³/mol. The normalized spacial score (nSPS) is 20.7. The van der Waals surface area contributed by atoms with Gasteiger partial charge in [-0.15, -0.1) is 0 Å². The number of anilines is 3. The maximum Gasteiger partial charge on any atom is 0.232 e. The molecule has 2 fully saturated rings. The van der Waals surface area contributed by atoms with Gasteiger partial charge in [0.2, 0.25) is 5.95 Å². The summed E-state index contributed by atoms with van der Waals surface area (Å²) in [5, 5.41) is 7.06. The first-order valence-corrected chi connectivity index (χ1v) is 10.9. The molecule has 150 valence electrons. The molecule has 1 atom stereocenters. The highest BCUT2D eigenvalue weighted by Crippen LogP contribution is 2.28. The summed E-state index contributed by atoms with van der Waals surface area (Å²) in [5.41, 5.74) is 0. The van der Waals surface area contributed by atoms with Crippen molar-refractivity contribution in [2.45, 2.75) is 65.3 Å². The van der Waals surface area contributed by atoms with Crippen molar-refractivity contribution in [3.8, 4) is 0 Å². The van der Waals surface area contributed by atoms with Crippen LogP contribution in [0.3, 0.4) is 0 Å². The van der Waals surface area contributed by atoms with Crippen LogP contribution in [-0.4, -0.2) is 47.3 Å². The standard InChI is InChI=1S/C20H34N6S/c1-15(2)14-21-20(27)24-19-22-17(25-10-6-4-7-11-25)13-18(23-19)26-12-8-5-9-16(26)3/h13,15-16H,4-12,14H2,1-3H3,(H2,21,22,23,24,27)/t16-/m0/s1. The Morgan fingerprint density at radius 2 is 1.81 bits per heavy atom. The summed E-state index contributed by atoms with van der Waals surface area (Å²) in [7, 11) is 0. The number of thiocarbonyl (C=S) groups is 1. The van der Waals surface area contributed by atoms with E-state index in [1.807, 2.05) is 0 Å². The van der Waals surface area contributed by atoms with Crippen molar-refractivity contribution in [3.05, 3.63) is 6.07 Å². The van der Waals surface area contributed by atoms with Crippen LogP contribution in [0.2, 0.25) is 0 Å². The van der Waals surface area contributed by atoms with Crippen LogP contribution in [0.1, 0.15) is 59.3 Å². The number of hydrogen-bond acceptors (Lipinski definition) is 5. The summed E-state index contributed by atoms with van der Waals surface area (Å²) >= 11 is 5.45. The van der Waals surface area contributed by atoms with Gasteiger partial charge in [-0.3, -0.25) is 0 Å². The quantitative estimate of drug-likeness (QED) is 0.742. The molecule has 0 radical (unpaired) electrons. The minimum atomic E-state index is 0.515. The van der Waals surface area contributed by atoms with Gasteiger partial charge in [0, 0.05) is 38.3 Å². The Labute approximate surface area is 169 Å². The summed E-state index contributed by atoms with van der Waals surface area (Å²) in [6.45, 7) is 10.7. The van der Waals surface area contributed by atoms with Crippen LogP contribution in [-0.2, 0) is 0 Å². The zero-order valence-electron chi connectivity index (χ0n) is 17.0. The number of hydrogen-bond donors (Lipinski definition) is 2. The van der Waals surface area contributed by atoms with Crippen molar-refractivity contribution in [3.63, 3.8) is 0 Å². The fourth-order valence-electron chi connectivity index (χ4n) is 3.79. The Balaban J connectivity index is 1.82. The second kappa shape index (κ2) is 9.53. The number of nitrogens with zero attached hydrogens (tertiary/aromatic N) is 4. The van der Waals surface area contributed by atoms with Gasteiger partial charge in [-0.25, -0.2) is 0 Å². The average Bonchev–Trinajstić information content (AvgIpc) is 2.67. The van der Waals surface area contributed by atoms with E-state index in [9.17, 15) is 0 Å². The van der Waals surface area contributed by atoms with Gasteiger partial charge < -0.3 is 20.4 Å². The summed E-state index contributed by atoms with van der Waals surface area (Å²) in [5.74, 6) is 3.18. The van der Waals surface area contributed by atoms with Gasteiger partial charge >= 0.3 is 0 Å². The number of piperidine rings is 2. The van der Waals surface area contributed by atoms with Crippen molar-refractivity contribution in [1.29, 1.82) is 0 Å². The zero-order valence-corrected chi connectivity index (χ0v) is 17.8. The van der Waals surface area contributed by atoms with E-state index in [2.05, 4.69) is 47.3 Å². The second-order valence-corrected chi connectivity index (χ2v) is 8.63. The molecule has 1 aromatic heterocycles. The molecule has 6 nitrogen and oxygen atoms in total. The molecular weight excluding hydrogens is 356 g/mol. The molecule has 0 aromatic carbocycles. The monoisotopic (exact) mass is 390 g/mol. The van der Waals surface area contributed by atoms with Gasteiger partial charge in [-0.2, -0.15) is 9.97 Å². The maximum absolute atomic E-state index is 5.45. The highest BCUT2D eigenvalue weighted by Gasteiger charge is 2.23. The van der Waals surface area contributed by atoms with Crippen molar-refractivity contribution < 1.29 is 0 Å². The van der Waals surface area contributed by atoms with Gasteiger partial charge in [-0.1, -0.05) is 13.8 Å². The van der Waals surface area contributed by atoms with Crippen LogP contribution in [0, 0.1) is 5.92 Å². The molecule has 3 heterocycles. The molecule has 2 saturated heterocycles. The summed E-state index contributed by atoms with van der Waals surface area (Å²) in [6.07, 6.45) is 7.53. The lowest BCUT2D eigenvalue weighted by Gasteiger charge is -2.35. The molecule has 2 N–H and O–H groups in total. The Morgan fingerprint density at radius 3 is 2.52 bits per heavy atom. The third-order valence-electron chi connectivity index (χ3n) is 5.37. The minimum Gasteiger partial charge on any atom is -0.362 e. The molecule has 0 spiro atoms. The van der Waals surface area contributed by atoms with Crippen LogP contribution in [0.25, 0.3) is 0 Å². The summed E-state index contributed by atoms with van der Waals surface area (Å²) in [6, 6.07) is 2.69. The van der Waals surface area contributed by atoms with Crippen molar-refractivity contribution >= 4 is 34.9 Å². The van der Waals surface area contributed by atoms with Gasteiger partial charge in [0.05, 0.1) is 0 Å². The molecule has 2 aliphatic heterocycles. The van der Waals surface area contributed by atoms with E-state index < -0.39 is 0 Å². The van der Waals surface area contributed by atoms with Gasteiger partial charge in [0.1, 0.15) is 11.6 Å². The van der Waals surface area contributed by atoms with E-state index in [0.717, 1.165) is 37.8 Å². The molecule has 7 heteroatoms. The van der Waals surface area contributed by atoms with Gasteiger partial charge in [-0.05, 0) is 63.6 Å². The minimum absolute atomic E-state index is 0.515. The fourth-order valence-corrected chi connectivity index (χ4v) is 3.97. The lowest BCUT2D eigenvalue weighted by molar-refractivity contribution is 0.481. The van der Waals surface area contributed by atoms with Gasteiger partial charge in [0.15, 0.2) is 5.11 Å². The topological polar surface area (TPSA) is 56.3 Å². The second-order valence-electron chi connectivity index (χ2n) is 8.22. The van der Waals surface area contributed by atoms with Crippen LogP contribution >= 0.6 is 12.2 Å². The molecule has 0 amide bonds. The third-order valence-corrected chi connectivity index (χ3v) is 5.62. The SMILES string of the molecule is CC(C)CNC(=S)Nc1nc(N2CCCCC2)cc(N2CCCC[C@@H]2C)n1. The van der Waals surface area contributed by atoms with E-state index in [1.54, 1.807) is 0 Å². The Kier molecular flexibility index (Phi) is 7.10. The van der Waals surface area contributed by atoms with E-state index >= 15 is 0 Å². The van der Waals surface area contributed by atoms with E-state index in [0.29, 0.717) is 23.0 Å². The lowest BCUT2D eigenvalue weighted by Crippen LogP contribution is -2.39. The average molecular weight is 391 g/mol. The van der Waals surface area contributed by atoms with Crippen LogP contribution in [0.4, 0.5) is 17.6 Å². The molecule has 0 bridgehead atoms. The van der Waals surface area contributed by atoms with E-state index in [4.69, 9.17) is 22.2 Å². The fraction of sp³-hybridized carbons (Fsp3) is 0.750. The first-order valence-electron chi connectivity index (χ1n) is 10.5. The van der Waals surface area contributed by atoms with Crippen LogP contribution < -0.4 is 20.4 Å². The predicted octanol–water partition coefficient (Wildman–Crippen LogP) is 3.79. The first-order chi connectivity index (χ1) is 13.0. The highest BCUT2D eigenvalue weighted by atomic mass is 32.1.